The molecule has 1 atom stereocenters. The zero-order valence-electron chi connectivity index (χ0n) is 11.3. The van der Waals surface area contributed by atoms with E-state index in [4.69, 9.17) is 0 Å². The van der Waals surface area contributed by atoms with Crippen molar-refractivity contribution in [1.82, 2.24) is 5.32 Å². The minimum absolute atomic E-state index is 0.120. The molecule has 0 saturated heterocycles. The first-order valence-corrected chi connectivity index (χ1v) is 6.00. The summed E-state index contributed by atoms with van der Waals surface area (Å²) in [4.78, 5) is 0. The van der Waals surface area contributed by atoms with E-state index in [1.54, 1.807) is 6.92 Å². The molecule has 0 spiro atoms. The number of nitrogens with one attached hydrogen (secondary N) is 1. The highest BCUT2D eigenvalue weighted by Gasteiger charge is 2.24. The van der Waals surface area contributed by atoms with Crippen LogP contribution in [0.4, 0.5) is 8.78 Å². The van der Waals surface area contributed by atoms with Crippen molar-refractivity contribution in [3.63, 3.8) is 0 Å². The van der Waals surface area contributed by atoms with Crippen LogP contribution in [0.5, 0.6) is 0 Å². The van der Waals surface area contributed by atoms with Gasteiger partial charge >= 0.3 is 0 Å². The molecule has 18 heavy (non-hydrogen) atoms. The normalized spacial score (nSPS) is 15.5. The molecular weight excluding hydrogens is 236 g/mol. The van der Waals surface area contributed by atoms with Crippen molar-refractivity contribution >= 4 is 0 Å². The number of β-amino-alcohol motifs (C(OH)–C–C–N with tert-alkyl or cyclic N) is 1. The zero-order chi connectivity index (χ0) is 14.0. The number of hydrogen-bond acceptors (Lipinski definition) is 2. The third-order valence-corrected chi connectivity index (χ3v) is 2.59. The number of rotatable bonds is 4. The maximum atomic E-state index is 13.5. The molecule has 1 rings (SSSR count). The van der Waals surface area contributed by atoms with Crippen LogP contribution in [0, 0.1) is 11.6 Å². The van der Waals surface area contributed by atoms with Gasteiger partial charge in [0.15, 0.2) is 0 Å². The van der Waals surface area contributed by atoms with E-state index in [1.165, 1.54) is 12.1 Å². The Hall–Kier alpha value is -1.00. The number of benzene rings is 1. The minimum Gasteiger partial charge on any atom is -0.389 e. The third-order valence-electron chi connectivity index (χ3n) is 2.59. The van der Waals surface area contributed by atoms with Crippen molar-refractivity contribution in [2.24, 2.45) is 0 Å². The van der Waals surface area contributed by atoms with E-state index < -0.39 is 17.2 Å². The lowest BCUT2D eigenvalue weighted by molar-refractivity contribution is 0.0526. The predicted molar refractivity (Wildman–Crippen MR) is 68.4 cm³/mol. The zero-order valence-corrected chi connectivity index (χ0v) is 11.3. The molecule has 1 aromatic rings. The van der Waals surface area contributed by atoms with Gasteiger partial charge in [0.2, 0.25) is 0 Å². The van der Waals surface area contributed by atoms with Crippen molar-refractivity contribution in [2.75, 3.05) is 6.54 Å². The summed E-state index contributed by atoms with van der Waals surface area (Å²) in [5.41, 5.74) is -0.880. The summed E-state index contributed by atoms with van der Waals surface area (Å²) in [5.74, 6) is -1.23. The van der Waals surface area contributed by atoms with Gasteiger partial charge in [-0.3, -0.25) is 0 Å². The number of aliphatic hydroxyl groups is 1. The molecule has 0 saturated carbocycles. The van der Waals surface area contributed by atoms with Crippen molar-refractivity contribution in [3.05, 3.63) is 35.4 Å². The van der Waals surface area contributed by atoms with E-state index in [9.17, 15) is 13.9 Å². The van der Waals surface area contributed by atoms with Gasteiger partial charge in [-0.1, -0.05) is 6.07 Å². The summed E-state index contributed by atoms with van der Waals surface area (Å²) in [6, 6.07) is 3.41. The molecule has 0 aliphatic rings. The molecule has 0 heterocycles. The van der Waals surface area contributed by atoms with Crippen LogP contribution in [0.1, 0.15) is 33.3 Å². The summed E-state index contributed by atoms with van der Waals surface area (Å²) in [6.07, 6.45) is 0.141. The minimum atomic E-state index is -1.08. The van der Waals surface area contributed by atoms with E-state index in [1.807, 2.05) is 20.8 Å². The SMILES string of the molecule is CC(O)(CNC(C)(C)C)Cc1ccc(F)cc1F. The summed E-state index contributed by atoms with van der Waals surface area (Å²) < 4.78 is 26.3. The monoisotopic (exact) mass is 257 g/mol. The molecule has 0 aliphatic carbocycles. The molecule has 102 valence electrons. The fourth-order valence-electron chi connectivity index (χ4n) is 1.59. The van der Waals surface area contributed by atoms with Crippen LogP contribution in [0.25, 0.3) is 0 Å². The average molecular weight is 257 g/mol. The molecule has 4 heteroatoms. The van der Waals surface area contributed by atoms with E-state index >= 15 is 0 Å². The molecule has 0 fully saturated rings. The predicted octanol–water partition coefficient (Wildman–Crippen LogP) is 2.65. The van der Waals surface area contributed by atoms with Gasteiger partial charge in [0.05, 0.1) is 5.60 Å². The molecule has 0 aliphatic heterocycles. The fraction of sp³-hybridized carbons (Fsp3) is 0.571. The Bertz CT molecular complexity index is 411. The largest absolute Gasteiger partial charge is 0.389 e. The van der Waals surface area contributed by atoms with Gasteiger partial charge < -0.3 is 10.4 Å². The van der Waals surface area contributed by atoms with Crippen LogP contribution in [-0.2, 0) is 6.42 Å². The van der Waals surface area contributed by atoms with Crippen molar-refractivity contribution in [2.45, 2.75) is 45.3 Å². The summed E-state index contributed by atoms with van der Waals surface area (Å²) >= 11 is 0. The van der Waals surface area contributed by atoms with Crippen LogP contribution in [0.3, 0.4) is 0 Å². The quantitative estimate of drug-likeness (QED) is 0.869. The number of halogens is 2. The molecule has 0 amide bonds. The lowest BCUT2D eigenvalue weighted by Crippen LogP contribution is -2.47. The highest BCUT2D eigenvalue weighted by molar-refractivity contribution is 5.20. The van der Waals surface area contributed by atoms with Crippen molar-refractivity contribution in [3.8, 4) is 0 Å². The van der Waals surface area contributed by atoms with E-state index in [2.05, 4.69) is 5.32 Å². The molecule has 0 bridgehead atoms. The average Bonchev–Trinajstić information content (AvgIpc) is 2.19. The standard InChI is InChI=1S/C14H21F2NO/c1-13(2,3)17-9-14(4,18)8-10-5-6-11(15)7-12(10)16/h5-7,17-18H,8-9H2,1-4H3. The Morgan fingerprint density at radius 2 is 1.78 bits per heavy atom. The Morgan fingerprint density at radius 1 is 1.17 bits per heavy atom. The first kappa shape index (κ1) is 15.1. The summed E-state index contributed by atoms with van der Waals surface area (Å²) in [7, 11) is 0. The summed E-state index contributed by atoms with van der Waals surface area (Å²) in [5, 5.41) is 13.4. The third kappa shape index (κ3) is 5.10. The van der Waals surface area contributed by atoms with Gasteiger partial charge in [0, 0.05) is 24.6 Å². The molecule has 2 N–H and O–H groups in total. The lowest BCUT2D eigenvalue weighted by atomic mass is 9.95. The summed E-state index contributed by atoms with van der Waals surface area (Å²) in [6.45, 7) is 7.94. The first-order chi connectivity index (χ1) is 8.09. The molecule has 1 unspecified atom stereocenters. The second-order valence-electron chi connectivity index (χ2n) is 6.01. The molecule has 1 aromatic carbocycles. The van der Waals surface area contributed by atoms with Gasteiger partial charge in [0.25, 0.3) is 0 Å². The van der Waals surface area contributed by atoms with Crippen molar-refractivity contribution in [1.29, 1.82) is 0 Å². The van der Waals surface area contributed by atoms with Gasteiger partial charge in [-0.15, -0.1) is 0 Å². The van der Waals surface area contributed by atoms with Crippen LogP contribution >= 0.6 is 0 Å². The highest BCUT2D eigenvalue weighted by atomic mass is 19.1. The maximum Gasteiger partial charge on any atom is 0.129 e. The van der Waals surface area contributed by atoms with Crippen LogP contribution in [0.2, 0.25) is 0 Å². The Morgan fingerprint density at radius 3 is 2.28 bits per heavy atom. The van der Waals surface area contributed by atoms with Gasteiger partial charge in [-0.25, -0.2) is 8.78 Å². The highest BCUT2D eigenvalue weighted by Crippen LogP contribution is 2.17. The van der Waals surface area contributed by atoms with Gasteiger partial charge in [-0.05, 0) is 39.3 Å². The van der Waals surface area contributed by atoms with Crippen molar-refractivity contribution < 1.29 is 13.9 Å². The van der Waals surface area contributed by atoms with Gasteiger partial charge in [0.1, 0.15) is 11.6 Å². The Balaban J connectivity index is 2.70. The maximum absolute atomic E-state index is 13.5. The first-order valence-electron chi connectivity index (χ1n) is 6.00. The van der Waals surface area contributed by atoms with Gasteiger partial charge in [-0.2, -0.15) is 0 Å². The lowest BCUT2D eigenvalue weighted by Gasteiger charge is -2.29. The Labute approximate surface area is 107 Å². The molecule has 0 aromatic heterocycles. The second-order valence-corrected chi connectivity index (χ2v) is 6.01. The smallest absolute Gasteiger partial charge is 0.129 e. The Kier molecular flexibility index (Phi) is 4.46. The van der Waals surface area contributed by atoms with Crippen LogP contribution < -0.4 is 5.32 Å². The second kappa shape index (κ2) is 5.33. The fourth-order valence-corrected chi connectivity index (χ4v) is 1.59. The van der Waals surface area contributed by atoms with E-state index in [-0.39, 0.29) is 12.0 Å². The molecular formula is C14H21F2NO. The molecule has 2 nitrogen and oxygen atoms in total. The van der Waals surface area contributed by atoms with Crippen LogP contribution in [-0.4, -0.2) is 22.8 Å². The van der Waals surface area contributed by atoms with E-state index in [0.717, 1.165) is 6.07 Å². The number of hydrogen-bond donors (Lipinski definition) is 2. The van der Waals surface area contributed by atoms with Crippen LogP contribution in [0.15, 0.2) is 18.2 Å². The molecule has 0 radical (unpaired) electrons. The topological polar surface area (TPSA) is 32.3 Å². The van der Waals surface area contributed by atoms with E-state index in [0.29, 0.717) is 12.1 Å².